The third-order valence-electron chi connectivity index (χ3n) is 3.79. The van der Waals surface area contributed by atoms with Gasteiger partial charge in [0.25, 0.3) is 0 Å². The Morgan fingerprint density at radius 1 is 1.30 bits per heavy atom. The molecular weight excluding hydrogens is 316 g/mol. The van der Waals surface area contributed by atoms with Gasteiger partial charge < -0.3 is 10.5 Å². The molecule has 1 unspecified atom stereocenters. The molecule has 0 fully saturated rings. The molecule has 3 nitrogen and oxygen atoms in total. The molecule has 0 heterocycles. The highest BCUT2D eigenvalue weighted by Gasteiger charge is 2.32. The Bertz CT molecular complexity index is 394. The molecule has 0 amide bonds. The summed E-state index contributed by atoms with van der Waals surface area (Å²) in [6.45, 7) is 8.93. The maximum Gasteiger partial charge on any atom is 0.0590 e. The number of ether oxygens (including phenoxy) is 1. The molecule has 0 aromatic heterocycles. The molecular formula is C16H27BrN2O. The van der Waals surface area contributed by atoms with Crippen molar-refractivity contribution >= 4 is 15.9 Å². The molecule has 1 atom stereocenters. The Balaban J connectivity index is 2.89. The number of methoxy groups -OCH3 is 1. The summed E-state index contributed by atoms with van der Waals surface area (Å²) in [5.74, 6) is 0. The van der Waals surface area contributed by atoms with Crippen molar-refractivity contribution in [2.24, 2.45) is 5.73 Å². The molecule has 0 saturated carbocycles. The number of rotatable bonds is 8. The molecule has 1 aromatic rings. The average molecular weight is 343 g/mol. The van der Waals surface area contributed by atoms with Crippen LogP contribution in [0.1, 0.15) is 26.3 Å². The molecule has 0 spiro atoms. The van der Waals surface area contributed by atoms with Crippen LogP contribution in [0.2, 0.25) is 0 Å². The molecule has 20 heavy (non-hydrogen) atoms. The number of benzene rings is 1. The number of nitrogens with two attached hydrogens (primary N) is 1. The number of nitrogens with zero attached hydrogens (tertiary/aromatic N) is 1. The second kappa shape index (κ2) is 8.13. The van der Waals surface area contributed by atoms with Crippen LogP contribution in [0.4, 0.5) is 0 Å². The van der Waals surface area contributed by atoms with Crippen LogP contribution < -0.4 is 5.73 Å². The molecule has 0 bridgehead atoms. The van der Waals surface area contributed by atoms with E-state index < -0.39 is 0 Å². The van der Waals surface area contributed by atoms with Crippen LogP contribution in [0.5, 0.6) is 0 Å². The van der Waals surface area contributed by atoms with Crippen molar-refractivity contribution in [2.75, 3.05) is 26.8 Å². The second-order valence-corrected chi connectivity index (χ2v) is 6.70. The lowest BCUT2D eigenvalue weighted by molar-refractivity contribution is 0.0450. The Morgan fingerprint density at radius 3 is 2.35 bits per heavy atom. The Labute approximate surface area is 131 Å². The van der Waals surface area contributed by atoms with E-state index in [1.807, 2.05) is 0 Å². The van der Waals surface area contributed by atoms with Crippen molar-refractivity contribution in [1.29, 1.82) is 0 Å². The minimum atomic E-state index is -0.0550. The highest BCUT2D eigenvalue weighted by Crippen LogP contribution is 2.23. The van der Waals surface area contributed by atoms with Crippen molar-refractivity contribution in [3.8, 4) is 0 Å². The summed E-state index contributed by atoms with van der Waals surface area (Å²) in [6, 6.07) is 8.93. The highest BCUT2D eigenvalue weighted by atomic mass is 79.9. The van der Waals surface area contributed by atoms with E-state index in [-0.39, 0.29) is 5.54 Å². The molecule has 4 heteroatoms. The van der Waals surface area contributed by atoms with Crippen molar-refractivity contribution in [1.82, 2.24) is 4.90 Å². The van der Waals surface area contributed by atoms with Crippen LogP contribution in [0.25, 0.3) is 0 Å². The molecule has 1 aromatic carbocycles. The van der Waals surface area contributed by atoms with E-state index in [2.05, 4.69) is 65.9 Å². The molecule has 0 aliphatic rings. The third-order valence-corrected chi connectivity index (χ3v) is 4.32. The zero-order valence-electron chi connectivity index (χ0n) is 13.0. The summed E-state index contributed by atoms with van der Waals surface area (Å²) < 4.78 is 6.35. The summed E-state index contributed by atoms with van der Waals surface area (Å²) >= 11 is 3.48. The van der Waals surface area contributed by atoms with Gasteiger partial charge >= 0.3 is 0 Å². The Hall–Kier alpha value is -0.420. The second-order valence-electron chi connectivity index (χ2n) is 5.78. The summed E-state index contributed by atoms with van der Waals surface area (Å²) in [5.41, 5.74) is 7.36. The monoisotopic (exact) mass is 342 g/mol. The first-order chi connectivity index (χ1) is 9.42. The molecule has 2 N–H and O–H groups in total. The maximum atomic E-state index is 6.10. The molecule has 0 aliphatic heterocycles. The van der Waals surface area contributed by atoms with Gasteiger partial charge in [-0.15, -0.1) is 0 Å². The summed E-state index contributed by atoms with van der Waals surface area (Å²) in [7, 11) is 1.74. The Kier molecular flexibility index (Phi) is 7.17. The first-order valence-electron chi connectivity index (χ1n) is 7.13. The molecule has 0 saturated heterocycles. The maximum absolute atomic E-state index is 6.10. The van der Waals surface area contributed by atoms with Gasteiger partial charge in [0.05, 0.1) is 6.61 Å². The highest BCUT2D eigenvalue weighted by molar-refractivity contribution is 9.10. The normalized spacial score (nSPS) is 14.8. The fourth-order valence-corrected chi connectivity index (χ4v) is 2.94. The summed E-state index contributed by atoms with van der Waals surface area (Å²) in [5, 5.41) is 0. The smallest absolute Gasteiger partial charge is 0.0590 e. The van der Waals surface area contributed by atoms with Crippen LogP contribution in [-0.4, -0.2) is 43.3 Å². The lowest BCUT2D eigenvalue weighted by atomic mass is 9.89. The van der Waals surface area contributed by atoms with Gasteiger partial charge in [-0.25, -0.2) is 0 Å². The van der Waals surface area contributed by atoms with Crippen molar-refractivity contribution in [3.63, 3.8) is 0 Å². The van der Waals surface area contributed by atoms with Gasteiger partial charge in [-0.05, 0) is 44.9 Å². The van der Waals surface area contributed by atoms with E-state index in [4.69, 9.17) is 10.5 Å². The van der Waals surface area contributed by atoms with E-state index in [1.165, 1.54) is 5.56 Å². The number of halogens is 1. The van der Waals surface area contributed by atoms with E-state index >= 15 is 0 Å². The number of hydrogen-bond donors (Lipinski definition) is 1. The molecule has 1 rings (SSSR count). The van der Waals surface area contributed by atoms with E-state index in [9.17, 15) is 0 Å². The van der Waals surface area contributed by atoms with Crippen LogP contribution in [0.3, 0.4) is 0 Å². The fraction of sp³-hybridized carbons (Fsp3) is 0.625. The van der Waals surface area contributed by atoms with Gasteiger partial charge in [-0.2, -0.15) is 0 Å². The zero-order chi connectivity index (χ0) is 15.2. The van der Waals surface area contributed by atoms with Gasteiger partial charge in [-0.1, -0.05) is 28.1 Å². The minimum absolute atomic E-state index is 0.0550. The lowest BCUT2D eigenvalue weighted by Gasteiger charge is -2.43. The van der Waals surface area contributed by atoms with Crippen LogP contribution in [0, 0.1) is 0 Å². The van der Waals surface area contributed by atoms with Crippen molar-refractivity contribution < 1.29 is 4.74 Å². The van der Waals surface area contributed by atoms with Gasteiger partial charge in [0.15, 0.2) is 0 Å². The molecule has 0 aliphatic carbocycles. The fourth-order valence-electron chi connectivity index (χ4n) is 2.67. The predicted molar refractivity (Wildman–Crippen MR) is 89.0 cm³/mol. The summed E-state index contributed by atoms with van der Waals surface area (Å²) in [4.78, 5) is 2.44. The van der Waals surface area contributed by atoms with E-state index in [0.29, 0.717) is 12.6 Å². The third kappa shape index (κ3) is 4.85. The van der Waals surface area contributed by atoms with Crippen molar-refractivity contribution in [3.05, 3.63) is 34.3 Å². The average Bonchev–Trinajstić information content (AvgIpc) is 2.41. The van der Waals surface area contributed by atoms with E-state index in [1.54, 1.807) is 7.11 Å². The minimum Gasteiger partial charge on any atom is -0.383 e. The van der Waals surface area contributed by atoms with Gasteiger partial charge in [0.1, 0.15) is 0 Å². The lowest BCUT2D eigenvalue weighted by Crippen LogP contribution is -2.56. The van der Waals surface area contributed by atoms with Gasteiger partial charge in [0, 0.05) is 36.3 Å². The Morgan fingerprint density at radius 2 is 1.90 bits per heavy atom. The number of hydrogen-bond acceptors (Lipinski definition) is 3. The van der Waals surface area contributed by atoms with Crippen molar-refractivity contribution in [2.45, 2.75) is 38.8 Å². The topological polar surface area (TPSA) is 38.5 Å². The predicted octanol–water partition coefficient (Wildman–Crippen LogP) is 3.07. The standard InChI is InChI=1S/C16H27BrN2O/c1-13(2)19(9-10-20-4)16(3,12-18)11-14-5-7-15(17)8-6-14/h5-8,13H,9-12,18H2,1-4H3. The SMILES string of the molecule is COCCN(C(C)C)C(C)(CN)Cc1ccc(Br)cc1. The largest absolute Gasteiger partial charge is 0.383 e. The quantitative estimate of drug-likeness (QED) is 0.788. The molecule has 114 valence electrons. The zero-order valence-corrected chi connectivity index (χ0v) is 14.6. The first-order valence-corrected chi connectivity index (χ1v) is 7.92. The molecule has 0 radical (unpaired) electrons. The van der Waals surface area contributed by atoms with Crippen LogP contribution in [-0.2, 0) is 11.2 Å². The van der Waals surface area contributed by atoms with Gasteiger partial charge in [0.2, 0.25) is 0 Å². The summed E-state index contributed by atoms with van der Waals surface area (Å²) in [6.07, 6.45) is 0.943. The van der Waals surface area contributed by atoms with E-state index in [0.717, 1.165) is 24.0 Å². The van der Waals surface area contributed by atoms with Crippen LogP contribution in [0.15, 0.2) is 28.7 Å². The van der Waals surface area contributed by atoms with Gasteiger partial charge in [-0.3, -0.25) is 4.90 Å². The first kappa shape index (κ1) is 17.6. The van der Waals surface area contributed by atoms with Crippen LogP contribution >= 0.6 is 15.9 Å².